The van der Waals surface area contributed by atoms with Crippen LogP contribution in [0.4, 0.5) is 4.79 Å². The quantitative estimate of drug-likeness (QED) is 0.633. The molecule has 0 spiro atoms. The maximum absolute atomic E-state index is 13.4. The molecular weight excluding hydrogens is 344 g/mol. The molecule has 0 saturated heterocycles. The molecule has 0 aromatic heterocycles. The summed E-state index contributed by atoms with van der Waals surface area (Å²) in [4.78, 5) is 13.4. The van der Waals surface area contributed by atoms with Gasteiger partial charge < -0.3 is 10.6 Å². The topological polar surface area (TPSA) is 41.1 Å². The molecule has 4 unspecified atom stereocenters. The number of urea groups is 1. The van der Waals surface area contributed by atoms with Gasteiger partial charge in [0.05, 0.1) is 0 Å². The molecule has 0 aromatic carbocycles. The van der Waals surface area contributed by atoms with Crippen molar-refractivity contribution in [3.63, 3.8) is 0 Å². The summed E-state index contributed by atoms with van der Waals surface area (Å²) in [6.45, 7) is 4.78. The van der Waals surface area contributed by atoms with Gasteiger partial charge in [-0.1, -0.05) is 26.7 Å². The first kappa shape index (κ1) is 18.1. The van der Waals surface area contributed by atoms with Crippen molar-refractivity contribution in [3.8, 4) is 0 Å². The van der Waals surface area contributed by atoms with Gasteiger partial charge in [0.2, 0.25) is 0 Å². The Balaban J connectivity index is 1.19. The molecule has 8 aliphatic rings. The zero-order valence-electron chi connectivity index (χ0n) is 18.1. The van der Waals surface area contributed by atoms with Crippen LogP contribution in [0.15, 0.2) is 0 Å². The van der Waals surface area contributed by atoms with E-state index in [1.807, 2.05) is 0 Å². The van der Waals surface area contributed by atoms with Gasteiger partial charge in [-0.15, -0.1) is 0 Å². The fourth-order valence-electron chi connectivity index (χ4n) is 10.5. The number of rotatable bonds is 4. The molecule has 3 nitrogen and oxygen atoms in total. The molecule has 0 radical (unpaired) electrons. The Morgan fingerprint density at radius 2 is 1.04 bits per heavy atom. The predicted molar refractivity (Wildman–Crippen MR) is 112 cm³/mol. The van der Waals surface area contributed by atoms with E-state index in [0.29, 0.717) is 10.8 Å². The van der Waals surface area contributed by atoms with Crippen LogP contribution in [-0.2, 0) is 0 Å². The Morgan fingerprint density at radius 3 is 1.36 bits per heavy atom. The lowest BCUT2D eigenvalue weighted by Gasteiger charge is -2.63. The second-order valence-electron chi connectivity index (χ2n) is 12.8. The Hall–Kier alpha value is -0.730. The summed E-state index contributed by atoms with van der Waals surface area (Å²) in [5.41, 5.74) is 1.28. The molecule has 8 saturated carbocycles. The molecule has 2 N–H and O–H groups in total. The Kier molecular flexibility index (Phi) is 3.68. The zero-order valence-corrected chi connectivity index (χ0v) is 18.1. The summed E-state index contributed by atoms with van der Waals surface area (Å²) in [7, 11) is 0. The minimum absolute atomic E-state index is 0.106. The summed E-state index contributed by atoms with van der Waals surface area (Å²) >= 11 is 0. The minimum atomic E-state index is 0.106. The van der Waals surface area contributed by atoms with E-state index >= 15 is 0 Å². The molecule has 4 atom stereocenters. The Morgan fingerprint density at radius 1 is 0.679 bits per heavy atom. The van der Waals surface area contributed by atoms with Crippen LogP contribution in [0.25, 0.3) is 0 Å². The highest BCUT2D eigenvalue weighted by molar-refractivity contribution is 5.76. The van der Waals surface area contributed by atoms with Crippen molar-refractivity contribution in [3.05, 3.63) is 0 Å². The molecule has 8 fully saturated rings. The van der Waals surface area contributed by atoms with E-state index in [1.165, 1.54) is 89.9 Å². The van der Waals surface area contributed by atoms with Crippen LogP contribution in [-0.4, -0.2) is 17.1 Å². The van der Waals surface area contributed by atoms with Crippen LogP contribution in [0.5, 0.6) is 0 Å². The lowest BCUT2D eigenvalue weighted by Crippen LogP contribution is -2.68. The molecule has 8 bridgehead atoms. The van der Waals surface area contributed by atoms with Crippen molar-refractivity contribution in [2.45, 2.75) is 115 Å². The molecule has 3 heteroatoms. The van der Waals surface area contributed by atoms with Gasteiger partial charge in [0.25, 0.3) is 0 Å². The molecule has 28 heavy (non-hydrogen) atoms. The summed E-state index contributed by atoms with van der Waals surface area (Å²) in [6.07, 6.45) is 18.6. The van der Waals surface area contributed by atoms with E-state index in [9.17, 15) is 4.79 Å². The molecule has 0 heterocycles. The van der Waals surface area contributed by atoms with E-state index in [1.54, 1.807) is 0 Å². The van der Waals surface area contributed by atoms with Crippen molar-refractivity contribution < 1.29 is 4.79 Å². The van der Waals surface area contributed by atoms with Gasteiger partial charge in [-0.05, 0) is 112 Å². The van der Waals surface area contributed by atoms with Crippen molar-refractivity contribution in [1.29, 1.82) is 0 Å². The van der Waals surface area contributed by atoms with Crippen LogP contribution in [0.2, 0.25) is 0 Å². The highest BCUT2D eigenvalue weighted by atomic mass is 16.2. The monoisotopic (exact) mass is 384 g/mol. The van der Waals surface area contributed by atoms with Gasteiger partial charge in [-0.25, -0.2) is 4.79 Å². The van der Waals surface area contributed by atoms with E-state index in [2.05, 4.69) is 24.5 Å². The average molecular weight is 385 g/mol. The van der Waals surface area contributed by atoms with Crippen LogP contribution >= 0.6 is 0 Å². The highest BCUT2D eigenvalue weighted by Gasteiger charge is 2.59. The summed E-state index contributed by atoms with van der Waals surface area (Å²) in [6, 6.07) is 0.182. The summed E-state index contributed by atoms with van der Waals surface area (Å²) in [5, 5.41) is 7.28. The van der Waals surface area contributed by atoms with Gasteiger partial charge in [0.15, 0.2) is 0 Å². The lowest BCUT2D eigenvalue weighted by molar-refractivity contribution is -0.0857. The molecule has 2 amide bonds. The average Bonchev–Trinajstić information content (AvgIpc) is 2.58. The number of hydrogen-bond donors (Lipinski definition) is 2. The summed E-state index contributed by atoms with van der Waals surface area (Å²) < 4.78 is 0. The standard InChI is InChI=1S/C25H40N2O/c1-3-22-7-17-5-18(8-22)12-24(11-17,15-22)26-21(28)27-25-13-19-6-20(14-25)10-23(4-2,9-19)16-25/h17-20H,3-16H2,1-2H3,(H2,26,27,28). The van der Waals surface area contributed by atoms with Crippen LogP contribution in [0, 0.1) is 34.5 Å². The third-order valence-corrected chi connectivity index (χ3v) is 10.6. The summed E-state index contributed by atoms with van der Waals surface area (Å²) in [5.74, 6) is 3.46. The van der Waals surface area contributed by atoms with Gasteiger partial charge >= 0.3 is 6.03 Å². The molecule has 0 aromatic rings. The molecule has 8 aliphatic carbocycles. The lowest BCUT2D eigenvalue weighted by atomic mass is 9.46. The van der Waals surface area contributed by atoms with Crippen LogP contribution in [0.3, 0.4) is 0 Å². The Bertz CT molecular complexity index is 600. The highest BCUT2D eigenvalue weighted by Crippen LogP contribution is 2.64. The normalized spacial score (nSPS) is 55.5. The molecule has 8 rings (SSSR count). The largest absolute Gasteiger partial charge is 0.333 e. The van der Waals surface area contributed by atoms with E-state index in [-0.39, 0.29) is 17.1 Å². The van der Waals surface area contributed by atoms with E-state index in [4.69, 9.17) is 0 Å². The first-order valence-corrected chi connectivity index (χ1v) is 12.5. The van der Waals surface area contributed by atoms with Crippen molar-refractivity contribution in [2.75, 3.05) is 0 Å². The van der Waals surface area contributed by atoms with Gasteiger partial charge in [-0.2, -0.15) is 0 Å². The second-order valence-corrected chi connectivity index (χ2v) is 12.8. The predicted octanol–water partition coefficient (Wildman–Crippen LogP) is 5.78. The fraction of sp³-hybridized carbons (Fsp3) is 0.960. The van der Waals surface area contributed by atoms with Crippen LogP contribution < -0.4 is 10.6 Å². The van der Waals surface area contributed by atoms with Crippen molar-refractivity contribution >= 4 is 6.03 Å². The third-order valence-electron chi connectivity index (χ3n) is 10.6. The number of hydrogen-bond acceptors (Lipinski definition) is 1. The number of amides is 2. The van der Waals surface area contributed by atoms with Crippen molar-refractivity contribution in [2.24, 2.45) is 34.5 Å². The molecule has 156 valence electrons. The number of nitrogens with one attached hydrogen (secondary N) is 2. The maximum Gasteiger partial charge on any atom is 0.315 e. The van der Waals surface area contributed by atoms with Crippen LogP contribution in [0.1, 0.15) is 104 Å². The molecule has 0 aliphatic heterocycles. The second kappa shape index (κ2) is 5.70. The third kappa shape index (κ3) is 2.63. The number of carbonyl (C=O) groups is 1. The zero-order chi connectivity index (χ0) is 19.2. The first-order chi connectivity index (χ1) is 13.4. The van der Waals surface area contributed by atoms with E-state index in [0.717, 1.165) is 23.7 Å². The van der Waals surface area contributed by atoms with E-state index < -0.39 is 0 Å². The smallest absolute Gasteiger partial charge is 0.315 e. The number of carbonyl (C=O) groups excluding carboxylic acids is 1. The fourth-order valence-corrected chi connectivity index (χ4v) is 10.5. The van der Waals surface area contributed by atoms with Crippen molar-refractivity contribution in [1.82, 2.24) is 10.6 Å². The first-order valence-electron chi connectivity index (χ1n) is 12.5. The van der Waals surface area contributed by atoms with Gasteiger partial charge in [0, 0.05) is 11.1 Å². The SMILES string of the molecule is CCC12CC3CC(C1)CC(NC(=O)NC14CC5CC(CC(CC)(C5)C1)C4)(C3)C2. The van der Waals surface area contributed by atoms with Gasteiger partial charge in [-0.3, -0.25) is 0 Å². The molecular formula is C25H40N2O. The van der Waals surface area contributed by atoms with Gasteiger partial charge in [0.1, 0.15) is 0 Å². The maximum atomic E-state index is 13.4. The Labute approximate surface area is 171 Å². The minimum Gasteiger partial charge on any atom is -0.333 e.